The summed E-state index contributed by atoms with van der Waals surface area (Å²) in [6.07, 6.45) is 6.15. The van der Waals surface area contributed by atoms with Crippen molar-refractivity contribution in [3.8, 4) is 0 Å². The molecular weight excluding hydrogens is 371 g/mol. The monoisotopic (exact) mass is 394 g/mol. The minimum Gasteiger partial charge on any atom is -0.472 e. The predicted molar refractivity (Wildman–Crippen MR) is 109 cm³/mol. The van der Waals surface area contributed by atoms with Crippen molar-refractivity contribution in [1.82, 2.24) is 9.88 Å². The third-order valence-corrected chi connectivity index (χ3v) is 5.02. The number of carbonyl (C=O) groups excluding carboxylic acids is 1. The highest BCUT2D eigenvalue weighted by molar-refractivity contribution is 6.04. The average Bonchev–Trinajstić information content (AvgIpc) is 3.13. The molecule has 7 heteroatoms. The quantitative estimate of drug-likeness (QED) is 0.714. The van der Waals surface area contributed by atoms with E-state index in [1.165, 1.54) is 17.7 Å². The molecular formula is C22H23FN4O2. The van der Waals surface area contributed by atoms with Crippen LogP contribution in [-0.4, -0.2) is 42.0 Å². The summed E-state index contributed by atoms with van der Waals surface area (Å²) in [5.74, 6) is -0.152. The molecule has 3 aromatic rings. The number of benzene rings is 1. The second-order valence-electron chi connectivity index (χ2n) is 7.09. The van der Waals surface area contributed by atoms with Gasteiger partial charge in [0.1, 0.15) is 11.6 Å². The van der Waals surface area contributed by atoms with Crippen LogP contribution in [0.25, 0.3) is 0 Å². The number of amides is 1. The summed E-state index contributed by atoms with van der Waals surface area (Å²) in [7, 11) is 0. The Morgan fingerprint density at radius 1 is 1.10 bits per heavy atom. The minimum absolute atomic E-state index is 0.0156. The molecule has 29 heavy (non-hydrogen) atoms. The number of aromatic nitrogens is 1. The van der Waals surface area contributed by atoms with Gasteiger partial charge in [0.15, 0.2) is 0 Å². The van der Waals surface area contributed by atoms with Crippen molar-refractivity contribution in [3.63, 3.8) is 0 Å². The van der Waals surface area contributed by atoms with Gasteiger partial charge in [-0.25, -0.2) is 9.37 Å². The Hall–Kier alpha value is -3.19. The third-order valence-electron chi connectivity index (χ3n) is 5.02. The van der Waals surface area contributed by atoms with Gasteiger partial charge in [-0.3, -0.25) is 9.69 Å². The van der Waals surface area contributed by atoms with Crippen LogP contribution in [0, 0.1) is 5.82 Å². The largest absolute Gasteiger partial charge is 0.472 e. The number of carbonyl (C=O) groups is 1. The van der Waals surface area contributed by atoms with E-state index in [2.05, 4.69) is 20.1 Å². The highest BCUT2D eigenvalue weighted by Crippen LogP contribution is 2.18. The van der Waals surface area contributed by atoms with Crippen LogP contribution in [-0.2, 0) is 6.54 Å². The highest BCUT2D eigenvalue weighted by atomic mass is 19.1. The van der Waals surface area contributed by atoms with Crippen LogP contribution in [0.4, 0.5) is 15.9 Å². The normalized spacial score (nSPS) is 15.1. The van der Waals surface area contributed by atoms with Crippen LogP contribution in [0.2, 0.25) is 0 Å². The standard InChI is InChI=1S/C22H23FN4O2/c23-20-5-2-1-4-19(20)22(28)25-18-6-7-21(24-14-18)27-10-3-9-26(11-12-27)15-17-8-13-29-16-17/h1-2,4-8,13-14,16H,3,9-12,15H2,(H,25,28). The molecule has 0 atom stereocenters. The summed E-state index contributed by atoms with van der Waals surface area (Å²) in [5.41, 5.74) is 1.74. The van der Waals surface area contributed by atoms with Gasteiger partial charge in [0.05, 0.1) is 30.0 Å². The van der Waals surface area contributed by atoms with Crippen molar-refractivity contribution in [2.75, 3.05) is 36.4 Å². The van der Waals surface area contributed by atoms with Crippen LogP contribution in [0.3, 0.4) is 0 Å². The lowest BCUT2D eigenvalue weighted by Gasteiger charge is -2.22. The van der Waals surface area contributed by atoms with Crippen molar-refractivity contribution >= 4 is 17.4 Å². The number of furan rings is 1. The van der Waals surface area contributed by atoms with Crippen molar-refractivity contribution in [2.45, 2.75) is 13.0 Å². The molecule has 1 N–H and O–H groups in total. The summed E-state index contributed by atoms with van der Waals surface area (Å²) in [6.45, 7) is 4.66. The summed E-state index contributed by atoms with van der Waals surface area (Å²) in [4.78, 5) is 21.4. The van der Waals surface area contributed by atoms with E-state index in [0.29, 0.717) is 5.69 Å². The first-order valence-electron chi connectivity index (χ1n) is 9.69. The SMILES string of the molecule is O=C(Nc1ccc(N2CCCN(Cc3ccoc3)CC2)nc1)c1ccccc1F. The number of rotatable bonds is 5. The van der Waals surface area contributed by atoms with Crippen LogP contribution in [0.15, 0.2) is 65.6 Å². The van der Waals surface area contributed by atoms with Gasteiger partial charge in [0.25, 0.3) is 5.91 Å². The minimum atomic E-state index is -0.542. The summed E-state index contributed by atoms with van der Waals surface area (Å²) in [6, 6.07) is 11.6. The second kappa shape index (κ2) is 8.87. The lowest BCUT2D eigenvalue weighted by Crippen LogP contribution is -2.30. The van der Waals surface area contributed by atoms with Crippen molar-refractivity contribution in [3.05, 3.63) is 78.1 Å². The first-order valence-corrected chi connectivity index (χ1v) is 9.69. The lowest BCUT2D eigenvalue weighted by atomic mass is 10.2. The highest BCUT2D eigenvalue weighted by Gasteiger charge is 2.17. The summed E-state index contributed by atoms with van der Waals surface area (Å²) in [5, 5.41) is 2.70. The van der Waals surface area contributed by atoms with E-state index in [1.54, 1.807) is 36.9 Å². The van der Waals surface area contributed by atoms with E-state index >= 15 is 0 Å². The molecule has 1 fully saturated rings. The van der Waals surface area contributed by atoms with Gasteiger partial charge < -0.3 is 14.6 Å². The molecule has 2 aromatic heterocycles. The van der Waals surface area contributed by atoms with Crippen molar-refractivity contribution < 1.29 is 13.6 Å². The fourth-order valence-corrected chi connectivity index (χ4v) is 3.49. The number of anilines is 2. The molecule has 0 saturated carbocycles. The number of hydrogen-bond donors (Lipinski definition) is 1. The van der Waals surface area contributed by atoms with E-state index in [0.717, 1.165) is 45.0 Å². The number of hydrogen-bond acceptors (Lipinski definition) is 5. The molecule has 150 valence electrons. The average molecular weight is 394 g/mol. The van der Waals surface area contributed by atoms with Gasteiger partial charge in [-0.2, -0.15) is 0 Å². The molecule has 1 amide bonds. The van der Waals surface area contributed by atoms with Gasteiger partial charge in [-0.15, -0.1) is 0 Å². The molecule has 0 unspecified atom stereocenters. The van der Waals surface area contributed by atoms with Crippen LogP contribution >= 0.6 is 0 Å². The zero-order valence-corrected chi connectivity index (χ0v) is 16.1. The Morgan fingerprint density at radius 2 is 2.00 bits per heavy atom. The molecule has 6 nitrogen and oxygen atoms in total. The summed E-state index contributed by atoms with van der Waals surface area (Å²) >= 11 is 0. The second-order valence-corrected chi connectivity index (χ2v) is 7.09. The van der Waals surface area contributed by atoms with Crippen LogP contribution in [0.5, 0.6) is 0 Å². The molecule has 1 saturated heterocycles. The Morgan fingerprint density at radius 3 is 2.76 bits per heavy atom. The first kappa shape index (κ1) is 19.1. The van der Waals surface area contributed by atoms with Crippen LogP contribution < -0.4 is 10.2 Å². The Bertz CT molecular complexity index is 944. The van der Waals surface area contributed by atoms with E-state index < -0.39 is 11.7 Å². The maximum atomic E-state index is 13.7. The third kappa shape index (κ3) is 4.81. The number of halogens is 1. The molecule has 0 spiro atoms. The number of nitrogens with one attached hydrogen (secondary N) is 1. The maximum Gasteiger partial charge on any atom is 0.258 e. The molecule has 3 heterocycles. The maximum absolute atomic E-state index is 13.7. The van der Waals surface area contributed by atoms with Gasteiger partial charge in [-0.1, -0.05) is 12.1 Å². The van der Waals surface area contributed by atoms with E-state index in [-0.39, 0.29) is 5.56 Å². The number of nitrogens with zero attached hydrogens (tertiary/aromatic N) is 3. The zero-order valence-electron chi connectivity index (χ0n) is 16.1. The number of pyridine rings is 1. The lowest BCUT2D eigenvalue weighted by molar-refractivity contribution is 0.102. The van der Waals surface area contributed by atoms with Gasteiger partial charge >= 0.3 is 0 Å². The molecule has 1 aliphatic rings. The van der Waals surface area contributed by atoms with Crippen molar-refractivity contribution in [1.29, 1.82) is 0 Å². The smallest absolute Gasteiger partial charge is 0.258 e. The Kier molecular flexibility index (Phi) is 5.86. The Balaban J connectivity index is 1.35. The fourth-order valence-electron chi connectivity index (χ4n) is 3.49. The van der Waals surface area contributed by atoms with E-state index in [1.807, 2.05) is 12.1 Å². The molecule has 0 aliphatic carbocycles. The van der Waals surface area contributed by atoms with Gasteiger partial charge in [0.2, 0.25) is 0 Å². The molecule has 4 rings (SSSR count). The van der Waals surface area contributed by atoms with E-state index in [9.17, 15) is 9.18 Å². The van der Waals surface area contributed by atoms with E-state index in [4.69, 9.17) is 4.42 Å². The zero-order chi connectivity index (χ0) is 20.1. The van der Waals surface area contributed by atoms with Gasteiger partial charge in [0, 0.05) is 38.3 Å². The predicted octanol–water partition coefficient (Wildman–Crippen LogP) is 3.78. The Labute approximate surface area is 169 Å². The summed E-state index contributed by atoms with van der Waals surface area (Å²) < 4.78 is 18.9. The van der Waals surface area contributed by atoms with Crippen molar-refractivity contribution in [2.24, 2.45) is 0 Å². The molecule has 1 aliphatic heterocycles. The van der Waals surface area contributed by atoms with Crippen LogP contribution in [0.1, 0.15) is 22.3 Å². The molecule has 1 aromatic carbocycles. The molecule has 0 radical (unpaired) electrons. The molecule has 0 bridgehead atoms. The fraction of sp³-hybridized carbons (Fsp3) is 0.273. The van der Waals surface area contributed by atoms with Gasteiger partial charge in [-0.05, 0) is 36.8 Å². The first-order chi connectivity index (χ1) is 14.2. The topological polar surface area (TPSA) is 61.6 Å².